The van der Waals surface area contributed by atoms with Gasteiger partial charge in [-0.3, -0.25) is 0 Å². The number of hydrogen-bond donors (Lipinski definition) is 1. The molecule has 0 amide bonds. The Hall–Kier alpha value is -2.36. The molecule has 0 saturated carbocycles. The highest BCUT2D eigenvalue weighted by Gasteiger charge is 2.16. The molecule has 4 heteroatoms. The van der Waals surface area contributed by atoms with Gasteiger partial charge in [0.05, 0.1) is 6.20 Å². The Morgan fingerprint density at radius 1 is 1.35 bits per heavy atom. The predicted molar refractivity (Wildman–Crippen MR) is 63.4 cm³/mol. The van der Waals surface area contributed by atoms with Crippen molar-refractivity contribution in [3.05, 3.63) is 53.4 Å². The fourth-order valence-corrected chi connectivity index (χ4v) is 1.54. The highest BCUT2D eigenvalue weighted by atomic mass is 16.5. The van der Waals surface area contributed by atoms with Crippen LogP contribution in [0.3, 0.4) is 0 Å². The molecule has 0 radical (unpaired) electrons. The van der Waals surface area contributed by atoms with Gasteiger partial charge in [-0.2, -0.15) is 0 Å². The Morgan fingerprint density at radius 3 is 2.71 bits per heavy atom. The number of benzene rings is 1. The molecule has 17 heavy (non-hydrogen) atoms. The first-order chi connectivity index (χ1) is 8.18. The molecule has 4 nitrogen and oxygen atoms in total. The first-order valence-corrected chi connectivity index (χ1v) is 5.10. The minimum absolute atomic E-state index is 0.0784. The van der Waals surface area contributed by atoms with Gasteiger partial charge in [0, 0.05) is 0 Å². The van der Waals surface area contributed by atoms with Crippen LogP contribution in [0.4, 0.5) is 0 Å². The van der Waals surface area contributed by atoms with Crippen molar-refractivity contribution in [3.8, 4) is 0 Å². The number of carboxylic acid groups (broad SMARTS) is 1. The lowest BCUT2D eigenvalue weighted by Crippen LogP contribution is -1.97. The summed E-state index contributed by atoms with van der Waals surface area (Å²) in [5.41, 5.74) is 1.79. The molecule has 1 N–H and O–H groups in total. The topological polar surface area (TPSA) is 63.3 Å². The number of carboxylic acids is 1. The van der Waals surface area contributed by atoms with E-state index in [1.54, 1.807) is 6.92 Å². The third kappa shape index (κ3) is 2.42. The smallest absolute Gasteiger partial charge is 0.341 e. The third-order valence-corrected chi connectivity index (χ3v) is 2.34. The standard InChI is InChI=1S/C13H11NO3/c1-9(7-10-5-3-2-4-6-10)12-11(13(15)16)8-14-17-12/h2-8H,1H3,(H,15,16)/b9-7+. The zero-order chi connectivity index (χ0) is 12.3. The summed E-state index contributed by atoms with van der Waals surface area (Å²) in [7, 11) is 0. The van der Waals surface area contributed by atoms with Gasteiger partial charge < -0.3 is 9.63 Å². The van der Waals surface area contributed by atoms with Crippen LogP contribution in [0, 0.1) is 0 Å². The maximum Gasteiger partial charge on any atom is 0.341 e. The largest absolute Gasteiger partial charge is 0.477 e. The second-order valence-corrected chi connectivity index (χ2v) is 3.61. The molecule has 86 valence electrons. The fourth-order valence-electron chi connectivity index (χ4n) is 1.54. The lowest BCUT2D eigenvalue weighted by atomic mass is 10.1. The molecule has 0 unspecified atom stereocenters. The summed E-state index contributed by atoms with van der Waals surface area (Å²) < 4.78 is 4.96. The summed E-state index contributed by atoms with van der Waals surface area (Å²) in [6.07, 6.45) is 3.06. The van der Waals surface area contributed by atoms with Gasteiger partial charge in [0.25, 0.3) is 0 Å². The predicted octanol–water partition coefficient (Wildman–Crippen LogP) is 2.93. The fraction of sp³-hybridized carbons (Fsp3) is 0.0769. The van der Waals surface area contributed by atoms with E-state index in [9.17, 15) is 4.79 Å². The summed E-state index contributed by atoms with van der Waals surface area (Å²) in [6.45, 7) is 1.79. The molecule has 1 heterocycles. The zero-order valence-corrected chi connectivity index (χ0v) is 9.25. The molecule has 0 saturated heterocycles. The second kappa shape index (κ2) is 4.65. The Bertz CT molecular complexity index is 555. The SMILES string of the molecule is C/C(=C\c1ccccc1)c1oncc1C(=O)O. The Balaban J connectivity index is 2.37. The van der Waals surface area contributed by atoms with Gasteiger partial charge in [0.2, 0.25) is 0 Å². The number of aromatic nitrogens is 1. The van der Waals surface area contributed by atoms with Crippen molar-refractivity contribution in [2.24, 2.45) is 0 Å². The van der Waals surface area contributed by atoms with Gasteiger partial charge >= 0.3 is 5.97 Å². The number of hydrogen-bond acceptors (Lipinski definition) is 3. The number of aromatic carboxylic acids is 1. The highest BCUT2D eigenvalue weighted by Crippen LogP contribution is 2.21. The van der Waals surface area contributed by atoms with Crippen LogP contribution in [0.5, 0.6) is 0 Å². The Labute approximate surface area is 98.2 Å². The number of allylic oxidation sites excluding steroid dienone is 1. The quantitative estimate of drug-likeness (QED) is 0.878. The minimum atomic E-state index is -1.04. The van der Waals surface area contributed by atoms with Crippen LogP contribution in [0.25, 0.3) is 11.6 Å². The van der Waals surface area contributed by atoms with Gasteiger partial charge in [0.15, 0.2) is 5.76 Å². The van der Waals surface area contributed by atoms with Crippen LogP contribution in [0.15, 0.2) is 41.1 Å². The van der Waals surface area contributed by atoms with E-state index in [1.165, 1.54) is 6.20 Å². The molecular weight excluding hydrogens is 218 g/mol. The van der Waals surface area contributed by atoms with E-state index < -0.39 is 5.97 Å². The van der Waals surface area contributed by atoms with Gasteiger partial charge in [-0.25, -0.2) is 4.79 Å². The molecule has 0 bridgehead atoms. The van der Waals surface area contributed by atoms with Gasteiger partial charge in [-0.05, 0) is 24.1 Å². The maximum absolute atomic E-state index is 10.9. The summed E-state index contributed by atoms with van der Waals surface area (Å²) >= 11 is 0. The van der Waals surface area contributed by atoms with Crippen LogP contribution in [0.1, 0.15) is 28.6 Å². The van der Waals surface area contributed by atoms with E-state index in [2.05, 4.69) is 5.16 Å². The van der Waals surface area contributed by atoms with E-state index in [4.69, 9.17) is 9.63 Å². The van der Waals surface area contributed by atoms with E-state index in [0.29, 0.717) is 5.76 Å². The third-order valence-electron chi connectivity index (χ3n) is 2.34. The van der Waals surface area contributed by atoms with Crippen LogP contribution >= 0.6 is 0 Å². The Kier molecular flexibility index (Phi) is 3.05. The first kappa shape index (κ1) is 11.1. The second-order valence-electron chi connectivity index (χ2n) is 3.61. The van der Waals surface area contributed by atoms with Gasteiger partial charge in [-0.1, -0.05) is 35.5 Å². The molecule has 0 aliphatic carbocycles. The first-order valence-electron chi connectivity index (χ1n) is 5.10. The van der Waals surface area contributed by atoms with Crippen molar-refractivity contribution in [2.45, 2.75) is 6.92 Å². The van der Waals surface area contributed by atoms with Crippen molar-refractivity contribution >= 4 is 17.6 Å². The van der Waals surface area contributed by atoms with Crippen LogP contribution in [-0.4, -0.2) is 16.2 Å². The molecule has 1 aromatic heterocycles. The molecule has 2 rings (SSSR count). The summed E-state index contributed by atoms with van der Waals surface area (Å²) in [6, 6.07) is 9.61. The van der Waals surface area contributed by atoms with Gasteiger partial charge in [-0.15, -0.1) is 0 Å². The van der Waals surface area contributed by atoms with Crippen molar-refractivity contribution < 1.29 is 14.4 Å². The normalized spacial score (nSPS) is 11.5. The molecule has 0 aliphatic rings. The van der Waals surface area contributed by atoms with Crippen LogP contribution in [-0.2, 0) is 0 Å². The number of rotatable bonds is 3. The molecule has 0 atom stereocenters. The van der Waals surface area contributed by atoms with E-state index in [0.717, 1.165) is 11.1 Å². The summed E-state index contributed by atoms with van der Waals surface area (Å²) in [5.74, 6) is -0.747. The average Bonchev–Trinajstić information content (AvgIpc) is 2.79. The average molecular weight is 229 g/mol. The zero-order valence-electron chi connectivity index (χ0n) is 9.25. The molecule has 0 spiro atoms. The van der Waals surface area contributed by atoms with Crippen molar-refractivity contribution in [1.29, 1.82) is 0 Å². The summed E-state index contributed by atoms with van der Waals surface area (Å²) in [4.78, 5) is 10.9. The molecule has 1 aromatic carbocycles. The lowest BCUT2D eigenvalue weighted by Gasteiger charge is -1.98. The number of nitrogens with zero attached hydrogens (tertiary/aromatic N) is 1. The van der Waals surface area contributed by atoms with Crippen molar-refractivity contribution in [2.75, 3.05) is 0 Å². The van der Waals surface area contributed by atoms with E-state index >= 15 is 0 Å². The summed E-state index contributed by atoms with van der Waals surface area (Å²) in [5, 5.41) is 12.5. The molecule has 0 fully saturated rings. The van der Waals surface area contributed by atoms with Gasteiger partial charge in [0.1, 0.15) is 5.56 Å². The van der Waals surface area contributed by atoms with Crippen molar-refractivity contribution in [3.63, 3.8) is 0 Å². The van der Waals surface area contributed by atoms with E-state index in [-0.39, 0.29) is 5.56 Å². The molecule has 0 aliphatic heterocycles. The Morgan fingerprint density at radius 2 is 2.06 bits per heavy atom. The maximum atomic E-state index is 10.9. The minimum Gasteiger partial charge on any atom is -0.477 e. The lowest BCUT2D eigenvalue weighted by molar-refractivity contribution is 0.0695. The highest BCUT2D eigenvalue weighted by molar-refractivity contribution is 5.94. The van der Waals surface area contributed by atoms with Crippen LogP contribution in [0.2, 0.25) is 0 Å². The molecular formula is C13H11NO3. The van der Waals surface area contributed by atoms with Crippen LogP contribution < -0.4 is 0 Å². The van der Waals surface area contributed by atoms with E-state index in [1.807, 2.05) is 36.4 Å². The molecule has 2 aromatic rings. The number of carbonyl (C=O) groups is 1. The van der Waals surface area contributed by atoms with Crippen molar-refractivity contribution in [1.82, 2.24) is 5.16 Å². The monoisotopic (exact) mass is 229 g/mol.